The van der Waals surface area contributed by atoms with E-state index in [1.807, 2.05) is 45.0 Å². The number of hydrogen-bond acceptors (Lipinski definition) is 5. The summed E-state index contributed by atoms with van der Waals surface area (Å²) in [4.78, 5) is 16.6. The molecule has 0 saturated carbocycles. The molecule has 1 amide bonds. The molecule has 0 aliphatic carbocycles. The van der Waals surface area contributed by atoms with E-state index >= 15 is 0 Å². The van der Waals surface area contributed by atoms with E-state index in [0.717, 1.165) is 17.0 Å². The van der Waals surface area contributed by atoms with E-state index in [0.29, 0.717) is 23.9 Å². The second-order valence-electron chi connectivity index (χ2n) is 7.11. The molecule has 0 saturated heterocycles. The number of anilines is 1. The van der Waals surface area contributed by atoms with Crippen molar-refractivity contribution in [2.45, 2.75) is 33.9 Å². The zero-order valence-corrected chi connectivity index (χ0v) is 17.6. The van der Waals surface area contributed by atoms with Crippen molar-refractivity contribution in [2.75, 3.05) is 5.32 Å². The van der Waals surface area contributed by atoms with Gasteiger partial charge in [-0.15, -0.1) is 5.10 Å². The van der Waals surface area contributed by atoms with Gasteiger partial charge in [0, 0.05) is 0 Å². The highest BCUT2D eigenvalue weighted by molar-refractivity contribution is 6.31. The van der Waals surface area contributed by atoms with Gasteiger partial charge in [-0.05, 0) is 38.5 Å². The molecule has 3 heterocycles. The van der Waals surface area contributed by atoms with Gasteiger partial charge in [-0.2, -0.15) is 5.10 Å². The van der Waals surface area contributed by atoms with Crippen molar-refractivity contribution in [3.63, 3.8) is 0 Å². The third kappa shape index (κ3) is 4.28. The molecule has 0 fully saturated rings. The zero-order valence-electron chi connectivity index (χ0n) is 16.9. The molecule has 0 aliphatic heterocycles. The number of rotatable bonds is 6. The molecule has 0 unspecified atom stereocenters. The van der Waals surface area contributed by atoms with Gasteiger partial charge in [-0.1, -0.05) is 41.4 Å². The van der Waals surface area contributed by atoms with Crippen molar-refractivity contribution >= 4 is 23.5 Å². The SMILES string of the molecule is Cc1ccc(Cn2cnc(NC(=O)c3ccc(Cn4nc(C)c(Cl)c4C)o3)n2)cc1. The van der Waals surface area contributed by atoms with Crippen LogP contribution in [0.1, 0.15) is 38.8 Å². The minimum absolute atomic E-state index is 0.174. The first-order chi connectivity index (χ1) is 14.4. The summed E-state index contributed by atoms with van der Waals surface area (Å²) in [6.45, 7) is 6.73. The normalized spacial score (nSPS) is 11.1. The summed E-state index contributed by atoms with van der Waals surface area (Å²) in [7, 11) is 0. The Labute approximate surface area is 178 Å². The molecule has 0 bridgehead atoms. The van der Waals surface area contributed by atoms with Crippen LogP contribution < -0.4 is 5.32 Å². The fraction of sp³-hybridized carbons (Fsp3) is 0.238. The van der Waals surface area contributed by atoms with E-state index in [2.05, 4.69) is 20.5 Å². The fourth-order valence-corrected chi connectivity index (χ4v) is 3.17. The Hall–Kier alpha value is -3.39. The summed E-state index contributed by atoms with van der Waals surface area (Å²) in [6.07, 6.45) is 1.58. The van der Waals surface area contributed by atoms with E-state index in [-0.39, 0.29) is 11.7 Å². The molecule has 0 radical (unpaired) electrons. The second kappa shape index (κ2) is 8.16. The van der Waals surface area contributed by atoms with Gasteiger partial charge in [0.2, 0.25) is 5.95 Å². The molecule has 8 nitrogen and oxygen atoms in total. The number of amides is 1. The lowest BCUT2D eigenvalue weighted by molar-refractivity contribution is 0.0993. The van der Waals surface area contributed by atoms with Crippen molar-refractivity contribution in [2.24, 2.45) is 0 Å². The van der Waals surface area contributed by atoms with Gasteiger partial charge in [0.1, 0.15) is 12.1 Å². The number of benzene rings is 1. The number of hydrogen-bond donors (Lipinski definition) is 1. The number of halogens is 1. The maximum absolute atomic E-state index is 12.5. The molecule has 4 rings (SSSR count). The molecular formula is C21H21ClN6O2. The summed E-state index contributed by atoms with van der Waals surface area (Å²) >= 11 is 6.18. The van der Waals surface area contributed by atoms with Crippen LogP contribution in [0.5, 0.6) is 0 Å². The molecule has 0 spiro atoms. The maximum Gasteiger partial charge on any atom is 0.293 e. The van der Waals surface area contributed by atoms with Crippen LogP contribution >= 0.6 is 11.6 Å². The van der Waals surface area contributed by atoms with E-state index in [4.69, 9.17) is 16.0 Å². The number of furan rings is 1. The lowest BCUT2D eigenvalue weighted by Gasteiger charge is -2.02. The summed E-state index contributed by atoms with van der Waals surface area (Å²) in [6, 6.07) is 11.5. The Kier molecular flexibility index (Phi) is 5.41. The van der Waals surface area contributed by atoms with Crippen LogP contribution in [0, 0.1) is 20.8 Å². The Bertz CT molecular complexity index is 1190. The van der Waals surface area contributed by atoms with Gasteiger partial charge in [-0.3, -0.25) is 14.8 Å². The summed E-state index contributed by atoms with van der Waals surface area (Å²) in [5, 5.41) is 12.0. The van der Waals surface area contributed by atoms with Gasteiger partial charge in [-0.25, -0.2) is 9.67 Å². The van der Waals surface area contributed by atoms with E-state index in [1.165, 1.54) is 5.56 Å². The Morgan fingerprint density at radius 1 is 1.07 bits per heavy atom. The second-order valence-corrected chi connectivity index (χ2v) is 7.49. The highest BCUT2D eigenvalue weighted by Gasteiger charge is 2.16. The summed E-state index contributed by atoms with van der Waals surface area (Å²) in [5.41, 5.74) is 3.90. The Morgan fingerprint density at radius 2 is 1.83 bits per heavy atom. The predicted octanol–water partition coefficient (Wildman–Crippen LogP) is 4.00. The molecule has 3 aromatic heterocycles. The average Bonchev–Trinajstić information content (AvgIpc) is 3.42. The monoisotopic (exact) mass is 424 g/mol. The maximum atomic E-state index is 12.5. The molecule has 1 N–H and O–H groups in total. The van der Waals surface area contributed by atoms with Crippen molar-refractivity contribution in [1.29, 1.82) is 0 Å². The highest BCUT2D eigenvalue weighted by atomic mass is 35.5. The standard InChI is InChI=1S/C21H21ClN6O2/c1-13-4-6-16(7-5-13)10-27-12-23-21(26-27)24-20(29)18-9-8-17(30-18)11-28-15(3)19(22)14(2)25-28/h4-9,12H,10-11H2,1-3H3,(H,24,26,29). The number of aryl methyl sites for hydroxylation is 2. The zero-order chi connectivity index (χ0) is 21.3. The quantitative estimate of drug-likeness (QED) is 0.505. The third-order valence-electron chi connectivity index (χ3n) is 4.71. The van der Waals surface area contributed by atoms with Gasteiger partial charge in [0.05, 0.1) is 29.5 Å². The largest absolute Gasteiger partial charge is 0.454 e. The van der Waals surface area contributed by atoms with Crippen LogP contribution in [0.25, 0.3) is 0 Å². The molecule has 9 heteroatoms. The minimum Gasteiger partial charge on any atom is -0.454 e. The Balaban J connectivity index is 1.39. The highest BCUT2D eigenvalue weighted by Crippen LogP contribution is 2.20. The number of nitrogens with zero attached hydrogens (tertiary/aromatic N) is 5. The first-order valence-corrected chi connectivity index (χ1v) is 9.81. The number of carbonyl (C=O) groups is 1. The van der Waals surface area contributed by atoms with E-state index in [1.54, 1.807) is 27.8 Å². The first kappa shape index (κ1) is 19.9. The predicted molar refractivity (Wildman–Crippen MR) is 113 cm³/mol. The smallest absolute Gasteiger partial charge is 0.293 e. The number of carbonyl (C=O) groups excluding carboxylic acids is 1. The molecule has 1 aromatic carbocycles. The molecule has 0 atom stereocenters. The van der Waals surface area contributed by atoms with Crippen LogP contribution in [0.4, 0.5) is 5.95 Å². The molecule has 30 heavy (non-hydrogen) atoms. The van der Waals surface area contributed by atoms with Gasteiger partial charge >= 0.3 is 0 Å². The summed E-state index contributed by atoms with van der Waals surface area (Å²) in [5.74, 6) is 0.573. The lowest BCUT2D eigenvalue weighted by atomic mass is 10.1. The van der Waals surface area contributed by atoms with Crippen LogP contribution in [0.2, 0.25) is 5.02 Å². The van der Waals surface area contributed by atoms with Gasteiger partial charge in [0.25, 0.3) is 5.91 Å². The molecule has 154 valence electrons. The van der Waals surface area contributed by atoms with E-state index < -0.39 is 5.91 Å². The summed E-state index contributed by atoms with van der Waals surface area (Å²) < 4.78 is 9.07. The van der Waals surface area contributed by atoms with Crippen LogP contribution in [-0.2, 0) is 13.1 Å². The Morgan fingerprint density at radius 3 is 2.53 bits per heavy atom. The average molecular weight is 425 g/mol. The molecule has 4 aromatic rings. The van der Waals surface area contributed by atoms with Crippen LogP contribution in [0.3, 0.4) is 0 Å². The van der Waals surface area contributed by atoms with Crippen molar-refractivity contribution in [1.82, 2.24) is 24.5 Å². The number of aromatic nitrogens is 5. The first-order valence-electron chi connectivity index (χ1n) is 9.43. The van der Waals surface area contributed by atoms with Crippen molar-refractivity contribution < 1.29 is 9.21 Å². The van der Waals surface area contributed by atoms with Gasteiger partial charge in [0.15, 0.2) is 5.76 Å². The van der Waals surface area contributed by atoms with Crippen LogP contribution in [0.15, 0.2) is 47.1 Å². The molecule has 0 aliphatic rings. The van der Waals surface area contributed by atoms with E-state index in [9.17, 15) is 4.79 Å². The van der Waals surface area contributed by atoms with Crippen LogP contribution in [-0.4, -0.2) is 30.5 Å². The van der Waals surface area contributed by atoms with Crippen molar-refractivity contribution in [3.8, 4) is 0 Å². The topological polar surface area (TPSA) is 90.8 Å². The number of nitrogens with one attached hydrogen (secondary N) is 1. The third-order valence-corrected chi connectivity index (χ3v) is 5.26. The van der Waals surface area contributed by atoms with Gasteiger partial charge < -0.3 is 4.42 Å². The minimum atomic E-state index is -0.416. The molecular weight excluding hydrogens is 404 g/mol. The van der Waals surface area contributed by atoms with Crippen molar-refractivity contribution in [3.05, 3.63) is 81.8 Å². The fourth-order valence-electron chi connectivity index (χ4n) is 3.03. The lowest BCUT2D eigenvalue weighted by Crippen LogP contribution is -2.12.